The molecule has 3 heterocycles. The molecule has 0 saturated heterocycles. The number of imidazole rings is 1. The molecule has 11 heteroatoms. The average molecular weight is 475 g/mol. The number of carbonyl (C=O) groups is 2. The van der Waals surface area contributed by atoms with Crippen LogP contribution in [0.5, 0.6) is 5.88 Å². The molecule has 1 atom stereocenters. The lowest BCUT2D eigenvalue weighted by atomic mass is 9.93. The van der Waals surface area contributed by atoms with E-state index in [2.05, 4.69) is 15.0 Å². The molecule has 4 aromatic rings. The van der Waals surface area contributed by atoms with Crippen LogP contribution in [0.25, 0.3) is 22.1 Å². The lowest BCUT2D eigenvalue weighted by molar-refractivity contribution is -0.138. The van der Waals surface area contributed by atoms with E-state index in [1.165, 1.54) is 19.2 Å². The molecule has 0 radical (unpaired) electrons. The molecule has 0 aliphatic heterocycles. The van der Waals surface area contributed by atoms with Crippen molar-refractivity contribution in [3.8, 4) is 5.88 Å². The number of fused-ring (bicyclic) bond motifs is 3. The summed E-state index contributed by atoms with van der Waals surface area (Å²) >= 11 is 0. The molecule has 0 bridgehead atoms. The summed E-state index contributed by atoms with van der Waals surface area (Å²) in [5.41, 5.74) is 7.53. The SMILES string of the molecule is C=O.C=O.COc1ccc2c(ncc3ncn(Cc4ccc(C(C)CN)c(C(F)(F)F)c4)c32)n1. The van der Waals surface area contributed by atoms with E-state index in [9.17, 15) is 13.2 Å². The topological polar surface area (TPSA) is 113 Å². The Morgan fingerprint density at radius 3 is 2.44 bits per heavy atom. The van der Waals surface area contributed by atoms with Gasteiger partial charge in [0.2, 0.25) is 5.88 Å². The second kappa shape index (κ2) is 11.3. The first-order valence-electron chi connectivity index (χ1n) is 9.94. The largest absolute Gasteiger partial charge is 0.481 e. The van der Waals surface area contributed by atoms with Crippen LogP contribution < -0.4 is 10.5 Å². The minimum Gasteiger partial charge on any atom is -0.481 e. The van der Waals surface area contributed by atoms with Gasteiger partial charge >= 0.3 is 6.18 Å². The quantitative estimate of drug-likeness (QED) is 0.468. The van der Waals surface area contributed by atoms with E-state index in [1.807, 2.05) is 19.6 Å². The van der Waals surface area contributed by atoms with Crippen molar-refractivity contribution < 1.29 is 27.5 Å². The van der Waals surface area contributed by atoms with Crippen molar-refractivity contribution in [1.82, 2.24) is 19.5 Å². The van der Waals surface area contributed by atoms with Crippen molar-refractivity contribution in [2.75, 3.05) is 13.7 Å². The number of nitrogens with zero attached hydrogens (tertiary/aromatic N) is 4. The molecule has 4 rings (SSSR count). The molecule has 1 aromatic carbocycles. The minimum absolute atomic E-state index is 0.143. The van der Waals surface area contributed by atoms with Crippen molar-refractivity contribution in [3.63, 3.8) is 0 Å². The van der Waals surface area contributed by atoms with Crippen LogP contribution in [-0.4, -0.2) is 46.8 Å². The van der Waals surface area contributed by atoms with Gasteiger partial charge in [0.15, 0.2) is 5.65 Å². The van der Waals surface area contributed by atoms with Crippen molar-refractivity contribution in [3.05, 3.63) is 59.5 Å². The molecule has 0 aliphatic carbocycles. The Bertz CT molecular complexity index is 1260. The molecule has 2 N–H and O–H groups in total. The highest BCUT2D eigenvalue weighted by atomic mass is 19.4. The Morgan fingerprint density at radius 2 is 1.82 bits per heavy atom. The molecule has 1 unspecified atom stereocenters. The smallest absolute Gasteiger partial charge is 0.416 e. The number of halogens is 3. The molecule has 3 aromatic heterocycles. The zero-order chi connectivity index (χ0) is 25.5. The predicted octanol–water partition coefficient (Wildman–Crippen LogP) is 3.75. The van der Waals surface area contributed by atoms with Crippen LogP contribution in [0.3, 0.4) is 0 Å². The van der Waals surface area contributed by atoms with Crippen molar-refractivity contribution >= 4 is 35.6 Å². The van der Waals surface area contributed by atoms with E-state index in [1.54, 1.807) is 36.1 Å². The van der Waals surface area contributed by atoms with Gasteiger partial charge in [0.25, 0.3) is 0 Å². The Morgan fingerprint density at radius 1 is 1.12 bits per heavy atom. The van der Waals surface area contributed by atoms with Crippen LogP contribution in [0.2, 0.25) is 0 Å². The van der Waals surface area contributed by atoms with E-state index in [0.29, 0.717) is 22.6 Å². The number of rotatable bonds is 5. The van der Waals surface area contributed by atoms with Gasteiger partial charge in [0.05, 0.1) is 30.7 Å². The summed E-state index contributed by atoms with van der Waals surface area (Å²) in [5, 5.41) is 0.746. The second-order valence-corrected chi connectivity index (χ2v) is 7.15. The van der Waals surface area contributed by atoms with Gasteiger partial charge in [-0.2, -0.15) is 18.2 Å². The zero-order valence-electron chi connectivity index (χ0n) is 18.7. The molecule has 8 nitrogen and oxygen atoms in total. The van der Waals surface area contributed by atoms with Gasteiger partial charge in [-0.15, -0.1) is 0 Å². The molecule has 0 spiro atoms. The number of methoxy groups -OCH3 is 1. The summed E-state index contributed by atoms with van der Waals surface area (Å²) in [6, 6.07) is 7.94. The predicted molar refractivity (Wildman–Crippen MR) is 122 cm³/mol. The number of carbonyl (C=O) groups excluding carboxylic acids is 2. The number of hydrogen-bond acceptors (Lipinski definition) is 7. The third-order valence-corrected chi connectivity index (χ3v) is 5.15. The van der Waals surface area contributed by atoms with E-state index in [0.717, 1.165) is 10.9 Å². The maximum Gasteiger partial charge on any atom is 0.416 e. The number of alkyl halides is 3. The van der Waals surface area contributed by atoms with Gasteiger partial charge in [-0.05, 0) is 35.7 Å². The fraction of sp³-hybridized carbons (Fsp3) is 0.261. The summed E-state index contributed by atoms with van der Waals surface area (Å²) in [6.45, 7) is 6.06. The van der Waals surface area contributed by atoms with E-state index in [4.69, 9.17) is 20.1 Å². The second-order valence-electron chi connectivity index (χ2n) is 7.15. The maximum atomic E-state index is 13.6. The standard InChI is InChI=1S/C21H20F3N5O.2CH2O/c1-12(8-25)14-4-3-13(7-16(14)21(22,23)24)10-29-11-27-17-9-26-20-15(19(17)29)5-6-18(28-20)30-2;2*1-2/h3-7,9,11-12H,8,10,25H2,1-2H3;2*1H2. The number of benzene rings is 1. The number of aromatic nitrogens is 4. The van der Waals surface area contributed by atoms with E-state index >= 15 is 0 Å². The van der Waals surface area contributed by atoms with Gasteiger partial charge in [-0.1, -0.05) is 19.1 Å². The zero-order valence-corrected chi connectivity index (χ0v) is 18.7. The summed E-state index contributed by atoms with van der Waals surface area (Å²) in [4.78, 5) is 29.0. The van der Waals surface area contributed by atoms with Crippen LogP contribution >= 0.6 is 0 Å². The number of ether oxygens (including phenoxy) is 1. The van der Waals surface area contributed by atoms with Crippen LogP contribution in [0.15, 0.2) is 42.9 Å². The van der Waals surface area contributed by atoms with Crippen LogP contribution in [0.1, 0.15) is 29.5 Å². The molecule has 0 aliphatic rings. The number of hydrogen-bond donors (Lipinski definition) is 1. The monoisotopic (exact) mass is 475 g/mol. The molecule has 34 heavy (non-hydrogen) atoms. The highest BCUT2D eigenvalue weighted by Gasteiger charge is 2.34. The lowest BCUT2D eigenvalue weighted by Crippen LogP contribution is -2.16. The van der Waals surface area contributed by atoms with Gasteiger partial charge in [-0.25, -0.2) is 9.97 Å². The van der Waals surface area contributed by atoms with E-state index in [-0.39, 0.29) is 24.6 Å². The molecule has 180 valence electrons. The summed E-state index contributed by atoms with van der Waals surface area (Å²) < 4.78 is 47.9. The number of nitrogens with two attached hydrogens (primary N) is 1. The molecular weight excluding hydrogens is 451 g/mol. The van der Waals surface area contributed by atoms with Crippen molar-refractivity contribution in [2.45, 2.75) is 25.6 Å². The molecule has 0 saturated carbocycles. The van der Waals surface area contributed by atoms with Crippen LogP contribution in [-0.2, 0) is 22.3 Å². The average Bonchev–Trinajstić information content (AvgIpc) is 3.28. The third-order valence-electron chi connectivity index (χ3n) is 5.15. The first-order chi connectivity index (χ1) is 16.3. The van der Waals surface area contributed by atoms with Crippen LogP contribution in [0.4, 0.5) is 13.2 Å². The Labute approximate surface area is 193 Å². The van der Waals surface area contributed by atoms with Crippen molar-refractivity contribution in [1.29, 1.82) is 0 Å². The van der Waals surface area contributed by atoms with Gasteiger partial charge in [0.1, 0.15) is 19.1 Å². The normalized spacial score (nSPS) is 11.8. The summed E-state index contributed by atoms with van der Waals surface area (Å²) in [6.07, 6.45) is -1.27. The first-order valence-corrected chi connectivity index (χ1v) is 9.94. The highest BCUT2D eigenvalue weighted by Crippen LogP contribution is 2.36. The highest BCUT2D eigenvalue weighted by molar-refractivity contribution is 6.00. The van der Waals surface area contributed by atoms with Crippen LogP contribution in [0, 0.1) is 0 Å². The van der Waals surface area contributed by atoms with Crippen molar-refractivity contribution in [2.24, 2.45) is 5.73 Å². The number of pyridine rings is 2. The van der Waals surface area contributed by atoms with E-state index < -0.39 is 11.7 Å². The Balaban J connectivity index is 0.000000970. The Kier molecular flexibility index (Phi) is 8.79. The van der Waals surface area contributed by atoms with Gasteiger partial charge in [-0.3, -0.25) is 0 Å². The molecular formula is C23H24F3N5O3. The fourth-order valence-electron chi connectivity index (χ4n) is 3.56. The summed E-state index contributed by atoms with van der Waals surface area (Å²) in [7, 11) is 1.52. The minimum atomic E-state index is -4.46. The third kappa shape index (κ3) is 5.37. The maximum absolute atomic E-state index is 13.6. The Hall–Kier alpha value is -3.86. The summed E-state index contributed by atoms with van der Waals surface area (Å²) in [5.74, 6) is 0.0423. The van der Waals surface area contributed by atoms with Gasteiger partial charge in [0, 0.05) is 18.0 Å². The lowest BCUT2D eigenvalue weighted by Gasteiger charge is -2.18. The fourth-order valence-corrected chi connectivity index (χ4v) is 3.56. The molecule has 0 fully saturated rings. The first kappa shape index (κ1) is 26.4. The van der Waals surface area contributed by atoms with Gasteiger partial charge < -0.3 is 24.6 Å². The molecule has 0 amide bonds.